The number of nitrogens with one attached hydrogen (secondary N) is 1. The number of nitrogens with zero attached hydrogens (tertiary/aromatic N) is 3. The highest BCUT2D eigenvalue weighted by Crippen LogP contribution is 2.30. The highest BCUT2D eigenvalue weighted by molar-refractivity contribution is 5.93. The van der Waals surface area contributed by atoms with E-state index in [1.807, 2.05) is 4.90 Å². The van der Waals surface area contributed by atoms with Crippen LogP contribution in [0.15, 0.2) is 36.8 Å². The first kappa shape index (κ1) is 19.7. The van der Waals surface area contributed by atoms with Crippen LogP contribution in [0, 0.1) is 5.82 Å². The van der Waals surface area contributed by atoms with E-state index in [1.54, 1.807) is 29.2 Å². The number of rotatable bonds is 2. The van der Waals surface area contributed by atoms with Crippen molar-refractivity contribution in [1.29, 1.82) is 0 Å². The fraction of sp³-hybridized carbons (Fsp3) is 0.412. The minimum Gasteiger partial charge on any atom is -0.330 e. The SMILES string of the molecule is Cl.Cl.O=C(c1cncn1-c1ccc(F)cc1)N1C2CCNCC1CC2. The molecule has 2 saturated heterocycles. The number of imidazole rings is 1. The van der Waals surface area contributed by atoms with E-state index in [9.17, 15) is 9.18 Å². The lowest BCUT2D eigenvalue weighted by molar-refractivity contribution is 0.0672. The van der Waals surface area contributed by atoms with Crippen LogP contribution in [-0.4, -0.2) is 45.5 Å². The van der Waals surface area contributed by atoms with Crippen molar-refractivity contribution in [3.05, 3.63) is 48.3 Å². The summed E-state index contributed by atoms with van der Waals surface area (Å²) in [6.07, 6.45) is 6.33. The van der Waals surface area contributed by atoms with Gasteiger partial charge in [0, 0.05) is 24.3 Å². The van der Waals surface area contributed by atoms with Crippen molar-refractivity contribution in [3.8, 4) is 5.69 Å². The van der Waals surface area contributed by atoms with Crippen LogP contribution in [0.4, 0.5) is 4.39 Å². The van der Waals surface area contributed by atoms with Gasteiger partial charge in [-0.1, -0.05) is 0 Å². The molecule has 3 heterocycles. The van der Waals surface area contributed by atoms with Gasteiger partial charge in [-0.15, -0.1) is 24.8 Å². The van der Waals surface area contributed by atoms with Crippen LogP contribution < -0.4 is 5.32 Å². The molecule has 4 rings (SSSR count). The minimum absolute atomic E-state index is 0. The summed E-state index contributed by atoms with van der Waals surface area (Å²) in [5.41, 5.74) is 1.28. The molecule has 0 aliphatic carbocycles. The fourth-order valence-electron chi connectivity index (χ4n) is 3.71. The van der Waals surface area contributed by atoms with Crippen LogP contribution in [0.2, 0.25) is 0 Å². The monoisotopic (exact) mass is 386 g/mol. The second-order valence-corrected chi connectivity index (χ2v) is 6.22. The molecule has 1 amide bonds. The number of aromatic nitrogens is 2. The molecule has 2 fully saturated rings. The van der Waals surface area contributed by atoms with Crippen molar-refractivity contribution in [2.45, 2.75) is 31.3 Å². The van der Waals surface area contributed by atoms with Crippen molar-refractivity contribution in [1.82, 2.24) is 19.8 Å². The summed E-state index contributed by atoms with van der Waals surface area (Å²) >= 11 is 0. The van der Waals surface area contributed by atoms with Crippen molar-refractivity contribution in [2.75, 3.05) is 13.1 Å². The number of fused-ring (bicyclic) bond motifs is 2. The zero-order chi connectivity index (χ0) is 15.8. The highest BCUT2D eigenvalue weighted by Gasteiger charge is 2.39. The molecule has 2 bridgehead atoms. The summed E-state index contributed by atoms with van der Waals surface area (Å²) in [4.78, 5) is 19.3. The van der Waals surface area contributed by atoms with Crippen molar-refractivity contribution >= 4 is 30.7 Å². The molecule has 25 heavy (non-hydrogen) atoms. The lowest BCUT2D eigenvalue weighted by Crippen LogP contribution is -2.43. The lowest BCUT2D eigenvalue weighted by Gasteiger charge is -2.28. The molecule has 2 aliphatic rings. The maximum absolute atomic E-state index is 13.1. The predicted molar refractivity (Wildman–Crippen MR) is 98.5 cm³/mol. The standard InChI is InChI=1S/C17H19FN4O.2ClH/c18-12-1-3-13(4-2-12)21-11-20-10-16(21)17(23)22-14-5-6-15(22)9-19-8-7-14;;/h1-4,10-11,14-15,19H,5-9H2;2*1H. The molecule has 5 nitrogen and oxygen atoms in total. The summed E-state index contributed by atoms with van der Waals surface area (Å²) in [7, 11) is 0. The highest BCUT2D eigenvalue weighted by atomic mass is 35.5. The molecule has 1 aromatic heterocycles. The van der Waals surface area contributed by atoms with Crippen LogP contribution in [0.1, 0.15) is 29.8 Å². The second kappa shape index (κ2) is 8.17. The Morgan fingerprint density at radius 1 is 1.12 bits per heavy atom. The zero-order valence-electron chi connectivity index (χ0n) is 13.6. The molecule has 0 saturated carbocycles. The molecule has 136 valence electrons. The number of carbonyl (C=O) groups excluding carboxylic acids is 1. The van der Waals surface area contributed by atoms with Crippen molar-refractivity contribution < 1.29 is 9.18 Å². The molecular weight excluding hydrogens is 366 g/mol. The van der Waals surface area contributed by atoms with E-state index in [2.05, 4.69) is 10.3 Å². The van der Waals surface area contributed by atoms with Gasteiger partial charge in [-0.3, -0.25) is 9.36 Å². The molecule has 8 heteroatoms. The third-order valence-corrected chi connectivity index (χ3v) is 4.85. The van der Waals surface area contributed by atoms with Gasteiger partial charge >= 0.3 is 0 Å². The van der Waals surface area contributed by atoms with Crippen LogP contribution >= 0.6 is 24.8 Å². The third kappa shape index (κ3) is 3.66. The normalized spacial score (nSPS) is 21.9. The molecule has 2 atom stereocenters. The Morgan fingerprint density at radius 3 is 2.60 bits per heavy atom. The quantitative estimate of drug-likeness (QED) is 0.862. The van der Waals surface area contributed by atoms with Gasteiger partial charge in [-0.25, -0.2) is 9.37 Å². The smallest absolute Gasteiger partial charge is 0.273 e. The minimum atomic E-state index is -0.293. The van der Waals surface area contributed by atoms with Crippen molar-refractivity contribution in [3.63, 3.8) is 0 Å². The van der Waals surface area contributed by atoms with Gasteiger partial charge in [0.05, 0.1) is 12.5 Å². The van der Waals surface area contributed by atoms with Gasteiger partial charge in [-0.2, -0.15) is 0 Å². The maximum atomic E-state index is 13.1. The second-order valence-electron chi connectivity index (χ2n) is 6.22. The van der Waals surface area contributed by atoms with E-state index in [0.29, 0.717) is 11.7 Å². The number of hydrogen-bond acceptors (Lipinski definition) is 3. The molecular formula is C17H21Cl2FN4O. The zero-order valence-corrected chi connectivity index (χ0v) is 15.2. The first-order chi connectivity index (χ1) is 11.2. The average Bonchev–Trinajstić information content (AvgIpc) is 3.11. The van der Waals surface area contributed by atoms with E-state index in [1.165, 1.54) is 12.1 Å². The third-order valence-electron chi connectivity index (χ3n) is 4.85. The largest absolute Gasteiger partial charge is 0.330 e. The van der Waals surface area contributed by atoms with Crippen molar-refractivity contribution in [2.24, 2.45) is 0 Å². The molecule has 2 unspecified atom stereocenters. The van der Waals surface area contributed by atoms with Gasteiger partial charge in [0.1, 0.15) is 11.5 Å². The Labute approximate surface area is 158 Å². The fourth-order valence-corrected chi connectivity index (χ4v) is 3.71. The van der Waals surface area contributed by atoms with E-state index in [4.69, 9.17) is 0 Å². The van der Waals surface area contributed by atoms with E-state index < -0.39 is 0 Å². The van der Waals surface area contributed by atoms with Gasteiger partial charge in [-0.05, 0) is 50.1 Å². The first-order valence-electron chi connectivity index (χ1n) is 8.06. The topological polar surface area (TPSA) is 50.2 Å². The summed E-state index contributed by atoms with van der Waals surface area (Å²) in [6.45, 7) is 1.81. The number of hydrogen-bond donors (Lipinski definition) is 1. The Kier molecular flexibility index (Phi) is 6.43. The van der Waals surface area contributed by atoms with Gasteiger partial charge in [0.2, 0.25) is 0 Å². The summed E-state index contributed by atoms with van der Waals surface area (Å²) in [5.74, 6) is -0.276. The number of halogens is 3. The van der Waals surface area contributed by atoms with E-state index in [0.717, 1.165) is 38.0 Å². The molecule has 2 aromatic rings. The van der Waals surface area contributed by atoms with Crippen LogP contribution in [-0.2, 0) is 0 Å². The maximum Gasteiger partial charge on any atom is 0.273 e. The predicted octanol–water partition coefficient (Wildman–Crippen LogP) is 2.82. The van der Waals surface area contributed by atoms with Gasteiger partial charge < -0.3 is 10.2 Å². The Bertz CT molecular complexity index is 708. The lowest BCUT2D eigenvalue weighted by atomic mass is 10.1. The van der Waals surface area contributed by atoms with Crippen LogP contribution in [0.5, 0.6) is 0 Å². The average molecular weight is 387 g/mol. The number of carbonyl (C=O) groups is 1. The first-order valence-corrected chi connectivity index (χ1v) is 8.06. The number of amides is 1. The Morgan fingerprint density at radius 2 is 1.84 bits per heavy atom. The molecule has 1 aromatic carbocycles. The van der Waals surface area contributed by atoms with Gasteiger partial charge in [0.15, 0.2) is 0 Å². The van der Waals surface area contributed by atoms with Gasteiger partial charge in [0.25, 0.3) is 5.91 Å². The van der Waals surface area contributed by atoms with E-state index in [-0.39, 0.29) is 42.6 Å². The van der Waals surface area contributed by atoms with E-state index >= 15 is 0 Å². The molecule has 0 radical (unpaired) electrons. The molecule has 0 spiro atoms. The van der Waals surface area contributed by atoms with Crippen LogP contribution in [0.3, 0.4) is 0 Å². The summed E-state index contributed by atoms with van der Waals surface area (Å²) < 4.78 is 14.9. The Hall–Kier alpha value is -1.63. The summed E-state index contributed by atoms with van der Waals surface area (Å²) in [5, 5.41) is 3.40. The Balaban J connectivity index is 0.00000113. The van der Waals surface area contributed by atoms with Crippen LogP contribution in [0.25, 0.3) is 5.69 Å². The summed E-state index contributed by atoms with van der Waals surface area (Å²) in [6, 6.07) is 6.66. The number of benzene rings is 1. The molecule has 2 aliphatic heterocycles. The molecule has 1 N–H and O–H groups in total.